The summed E-state index contributed by atoms with van der Waals surface area (Å²) in [5.41, 5.74) is 0.567. The first kappa shape index (κ1) is 23.7. The minimum absolute atomic E-state index is 0. The van der Waals surface area contributed by atoms with Crippen molar-refractivity contribution < 1.29 is 9.53 Å². The van der Waals surface area contributed by atoms with Gasteiger partial charge >= 0.3 is 0 Å². The van der Waals surface area contributed by atoms with Crippen molar-refractivity contribution in [1.82, 2.24) is 30.7 Å². The van der Waals surface area contributed by atoms with Crippen molar-refractivity contribution in [3.05, 3.63) is 42.0 Å². The molecule has 0 aliphatic rings. The monoisotopic (exact) mass is 501 g/mol. The third-order valence-electron chi connectivity index (χ3n) is 3.92. The van der Waals surface area contributed by atoms with E-state index in [0.29, 0.717) is 36.9 Å². The van der Waals surface area contributed by atoms with Gasteiger partial charge in [-0.2, -0.15) is 0 Å². The van der Waals surface area contributed by atoms with Crippen LogP contribution in [0.1, 0.15) is 23.1 Å². The number of nitrogens with zero attached hydrogens (tertiary/aromatic N) is 4. The summed E-state index contributed by atoms with van der Waals surface area (Å²) in [6.07, 6.45) is 2.57. The van der Waals surface area contributed by atoms with Gasteiger partial charge in [0.1, 0.15) is 17.9 Å². The van der Waals surface area contributed by atoms with Crippen LogP contribution in [0.3, 0.4) is 0 Å². The minimum atomic E-state index is -0.140. The summed E-state index contributed by atoms with van der Waals surface area (Å²) in [6, 6.07) is 7.05. The molecule has 3 N–H and O–H groups in total. The van der Waals surface area contributed by atoms with Gasteiger partial charge in [-0.05, 0) is 18.2 Å². The van der Waals surface area contributed by atoms with E-state index in [1.807, 2.05) is 11.5 Å². The molecule has 10 heteroatoms. The number of halogens is 1. The molecule has 9 nitrogen and oxygen atoms in total. The van der Waals surface area contributed by atoms with Crippen LogP contribution in [0.4, 0.5) is 0 Å². The molecule has 0 saturated heterocycles. The average Bonchev–Trinajstić information content (AvgIpc) is 3.17. The summed E-state index contributed by atoms with van der Waals surface area (Å²) in [5.74, 6) is 2.15. The lowest BCUT2D eigenvalue weighted by molar-refractivity contribution is 0.0954. The highest BCUT2D eigenvalue weighted by Gasteiger charge is 2.06. The molecule has 1 heterocycles. The van der Waals surface area contributed by atoms with Crippen LogP contribution in [-0.2, 0) is 13.0 Å². The summed E-state index contributed by atoms with van der Waals surface area (Å²) < 4.78 is 7.14. The van der Waals surface area contributed by atoms with Crippen LogP contribution in [0, 0.1) is 0 Å². The van der Waals surface area contributed by atoms with Crippen LogP contribution in [0.15, 0.2) is 35.6 Å². The number of nitrogens with one attached hydrogen (secondary N) is 3. The van der Waals surface area contributed by atoms with Crippen LogP contribution in [0.5, 0.6) is 5.75 Å². The van der Waals surface area contributed by atoms with E-state index >= 15 is 0 Å². The molecule has 2 aromatic rings. The van der Waals surface area contributed by atoms with E-state index in [-0.39, 0.29) is 29.9 Å². The molecule has 0 unspecified atom stereocenters. The van der Waals surface area contributed by atoms with Crippen LogP contribution in [-0.4, -0.2) is 60.4 Å². The van der Waals surface area contributed by atoms with E-state index in [2.05, 4.69) is 31.1 Å². The number of aliphatic imine (C=N–C) groups is 1. The van der Waals surface area contributed by atoms with Gasteiger partial charge in [-0.15, -0.1) is 34.2 Å². The van der Waals surface area contributed by atoms with Crippen LogP contribution in [0.25, 0.3) is 0 Å². The Morgan fingerprint density at radius 2 is 1.96 bits per heavy atom. The maximum absolute atomic E-state index is 12.1. The lowest BCUT2D eigenvalue weighted by atomic mass is 10.2. The number of carbonyl (C=O) groups excluding carboxylic acids is 1. The number of ether oxygens (including phenoxy) is 1. The number of benzene rings is 1. The van der Waals surface area contributed by atoms with E-state index in [9.17, 15) is 4.79 Å². The standard InChI is InChI=1S/C18H27N7O2.HI/c1-4-16-24-23-13-25(16)11-10-22-18(19-2)21-9-8-20-17(26)14-6-5-7-15(12-14)27-3;/h5-7,12-13H,4,8-11H2,1-3H3,(H,20,26)(H2,19,21,22);1H. The number of aromatic nitrogens is 3. The Morgan fingerprint density at radius 3 is 2.68 bits per heavy atom. The fourth-order valence-corrected chi connectivity index (χ4v) is 2.48. The second-order valence-electron chi connectivity index (χ2n) is 5.71. The van der Waals surface area contributed by atoms with Crippen LogP contribution in [0.2, 0.25) is 0 Å². The molecule has 0 bridgehead atoms. The molecule has 0 radical (unpaired) electrons. The van der Waals surface area contributed by atoms with E-state index in [4.69, 9.17) is 4.74 Å². The molecule has 0 aliphatic heterocycles. The van der Waals surface area contributed by atoms with Crippen molar-refractivity contribution in [2.24, 2.45) is 4.99 Å². The molecular weight excluding hydrogens is 473 g/mol. The Kier molecular flexibility index (Phi) is 10.9. The summed E-state index contributed by atoms with van der Waals surface area (Å²) in [7, 11) is 3.28. The average molecular weight is 501 g/mol. The normalized spacial score (nSPS) is 10.8. The molecular formula is C18H28IN7O2. The zero-order chi connectivity index (χ0) is 19.5. The zero-order valence-electron chi connectivity index (χ0n) is 16.4. The van der Waals surface area contributed by atoms with Crippen molar-refractivity contribution >= 4 is 35.8 Å². The topological polar surface area (TPSA) is 105 Å². The molecule has 2 rings (SSSR count). The molecule has 0 saturated carbocycles. The van der Waals surface area contributed by atoms with E-state index in [0.717, 1.165) is 18.8 Å². The van der Waals surface area contributed by atoms with Gasteiger partial charge in [0.2, 0.25) is 0 Å². The minimum Gasteiger partial charge on any atom is -0.497 e. The molecule has 1 aromatic carbocycles. The van der Waals surface area contributed by atoms with Crippen molar-refractivity contribution in [3.8, 4) is 5.75 Å². The third-order valence-corrected chi connectivity index (χ3v) is 3.92. The van der Waals surface area contributed by atoms with Crippen molar-refractivity contribution in [1.29, 1.82) is 0 Å². The lowest BCUT2D eigenvalue weighted by Crippen LogP contribution is -2.42. The quantitative estimate of drug-likeness (QED) is 0.206. The highest BCUT2D eigenvalue weighted by atomic mass is 127. The molecule has 1 amide bonds. The van der Waals surface area contributed by atoms with Crippen molar-refractivity contribution in [2.75, 3.05) is 33.8 Å². The number of aryl methyl sites for hydroxylation is 1. The molecule has 0 aliphatic carbocycles. The maximum atomic E-state index is 12.1. The molecule has 28 heavy (non-hydrogen) atoms. The summed E-state index contributed by atoms with van der Waals surface area (Å²) in [6.45, 7) is 4.53. The Balaban J connectivity index is 0.00000392. The fraction of sp³-hybridized carbons (Fsp3) is 0.444. The van der Waals surface area contributed by atoms with Gasteiger partial charge < -0.3 is 25.3 Å². The SMILES string of the molecule is CCc1nncn1CCNC(=NC)NCCNC(=O)c1cccc(OC)c1.I. The van der Waals surface area contributed by atoms with Crippen LogP contribution >= 0.6 is 24.0 Å². The molecule has 154 valence electrons. The molecule has 0 atom stereocenters. The largest absolute Gasteiger partial charge is 0.497 e. The highest BCUT2D eigenvalue weighted by molar-refractivity contribution is 14.0. The summed E-state index contributed by atoms with van der Waals surface area (Å²) in [4.78, 5) is 16.3. The predicted molar refractivity (Wildman–Crippen MR) is 120 cm³/mol. The van der Waals surface area contributed by atoms with Crippen molar-refractivity contribution in [3.63, 3.8) is 0 Å². The number of hydrogen-bond acceptors (Lipinski definition) is 5. The first-order valence-corrected chi connectivity index (χ1v) is 8.91. The van der Waals surface area contributed by atoms with Gasteiger partial charge in [0.05, 0.1) is 7.11 Å². The smallest absolute Gasteiger partial charge is 0.251 e. The Morgan fingerprint density at radius 1 is 1.21 bits per heavy atom. The second kappa shape index (κ2) is 12.9. The van der Waals surface area contributed by atoms with E-state index in [1.54, 1.807) is 44.8 Å². The zero-order valence-corrected chi connectivity index (χ0v) is 18.8. The maximum Gasteiger partial charge on any atom is 0.251 e. The molecule has 0 fully saturated rings. The third kappa shape index (κ3) is 7.33. The number of guanidine groups is 1. The molecule has 0 spiro atoms. The Hall–Kier alpha value is -2.37. The van der Waals surface area contributed by atoms with Gasteiger partial charge in [0.15, 0.2) is 5.96 Å². The van der Waals surface area contributed by atoms with Gasteiger partial charge in [-0.1, -0.05) is 13.0 Å². The van der Waals surface area contributed by atoms with Gasteiger partial charge in [-0.25, -0.2) is 0 Å². The Bertz CT molecular complexity index is 764. The van der Waals surface area contributed by atoms with Gasteiger partial charge in [0.25, 0.3) is 5.91 Å². The Labute approximate surface area is 182 Å². The number of amides is 1. The van der Waals surface area contributed by atoms with Gasteiger partial charge in [-0.3, -0.25) is 9.79 Å². The number of carbonyl (C=O) groups is 1. The number of rotatable bonds is 9. The fourth-order valence-electron chi connectivity index (χ4n) is 2.48. The second-order valence-corrected chi connectivity index (χ2v) is 5.71. The first-order chi connectivity index (χ1) is 13.2. The van der Waals surface area contributed by atoms with E-state index in [1.165, 1.54) is 0 Å². The van der Waals surface area contributed by atoms with E-state index < -0.39 is 0 Å². The highest BCUT2D eigenvalue weighted by Crippen LogP contribution is 2.12. The summed E-state index contributed by atoms with van der Waals surface area (Å²) >= 11 is 0. The van der Waals surface area contributed by atoms with Crippen LogP contribution < -0.4 is 20.7 Å². The predicted octanol–water partition coefficient (Wildman–Crippen LogP) is 1.06. The first-order valence-electron chi connectivity index (χ1n) is 8.91. The summed E-state index contributed by atoms with van der Waals surface area (Å²) in [5, 5.41) is 17.2. The number of hydrogen-bond donors (Lipinski definition) is 3. The number of methoxy groups -OCH3 is 1. The molecule has 1 aromatic heterocycles. The lowest BCUT2D eigenvalue weighted by Gasteiger charge is -2.13. The van der Waals surface area contributed by atoms with Crippen molar-refractivity contribution in [2.45, 2.75) is 19.9 Å². The van der Waals surface area contributed by atoms with Gasteiger partial charge in [0, 0.05) is 45.2 Å².